The van der Waals surface area contributed by atoms with E-state index in [0.717, 1.165) is 22.7 Å². The van der Waals surface area contributed by atoms with Crippen LogP contribution in [-0.2, 0) is 16.0 Å². The van der Waals surface area contributed by atoms with Crippen molar-refractivity contribution in [2.24, 2.45) is 5.92 Å². The molecule has 6 nitrogen and oxygen atoms in total. The van der Waals surface area contributed by atoms with Gasteiger partial charge in [-0.25, -0.2) is 0 Å². The summed E-state index contributed by atoms with van der Waals surface area (Å²) in [4.78, 5) is 26.6. The second-order valence-corrected chi connectivity index (χ2v) is 8.10. The summed E-state index contributed by atoms with van der Waals surface area (Å²) in [6, 6.07) is 9.88. The van der Waals surface area contributed by atoms with E-state index in [1.54, 1.807) is 16.2 Å². The molecular formula is C19H18N4O2S2. The molecular weight excluding hydrogens is 380 g/mol. The topological polar surface area (TPSA) is 75.2 Å². The zero-order valence-corrected chi connectivity index (χ0v) is 16.3. The van der Waals surface area contributed by atoms with Crippen molar-refractivity contribution in [2.75, 3.05) is 16.8 Å². The molecule has 0 bridgehead atoms. The minimum atomic E-state index is -0.392. The fourth-order valence-corrected chi connectivity index (χ4v) is 4.49. The number of anilines is 2. The molecule has 0 saturated carbocycles. The molecule has 1 fully saturated rings. The van der Waals surface area contributed by atoms with Gasteiger partial charge in [0, 0.05) is 29.6 Å². The lowest BCUT2D eigenvalue weighted by atomic mass is 10.1. The number of hydrogen-bond acceptors (Lipinski definition) is 6. The predicted molar refractivity (Wildman–Crippen MR) is 108 cm³/mol. The molecule has 138 valence electrons. The summed E-state index contributed by atoms with van der Waals surface area (Å²) < 4.78 is 0. The van der Waals surface area contributed by atoms with Crippen molar-refractivity contribution < 1.29 is 9.59 Å². The Kier molecular flexibility index (Phi) is 5.00. The highest BCUT2D eigenvalue weighted by molar-refractivity contribution is 7.19. The SMILES string of the molecule is CCc1ccc(N2CC(C(=O)Nc3nnc(-c4ccsc4)s3)CC2=O)cc1. The number of amides is 2. The van der Waals surface area contributed by atoms with Crippen molar-refractivity contribution in [2.45, 2.75) is 19.8 Å². The van der Waals surface area contributed by atoms with Crippen LogP contribution in [0.15, 0.2) is 41.1 Å². The Morgan fingerprint density at radius 3 is 2.78 bits per heavy atom. The third-order valence-electron chi connectivity index (χ3n) is 4.58. The molecule has 2 amide bonds. The number of nitrogens with zero attached hydrogens (tertiary/aromatic N) is 3. The molecule has 0 spiro atoms. The Morgan fingerprint density at radius 1 is 1.26 bits per heavy atom. The Hall–Kier alpha value is -2.58. The molecule has 3 heterocycles. The number of thiophene rings is 1. The molecule has 0 aliphatic carbocycles. The third kappa shape index (κ3) is 3.77. The minimum absolute atomic E-state index is 0.0318. The summed E-state index contributed by atoms with van der Waals surface area (Å²) >= 11 is 2.92. The van der Waals surface area contributed by atoms with Crippen molar-refractivity contribution in [3.05, 3.63) is 46.7 Å². The third-order valence-corrected chi connectivity index (χ3v) is 6.15. The van der Waals surface area contributed by atoms with Gasteiger partial charge in [0.25, 0.3) is 0 Å². The fraction of sp³-hybridized carbons (Fsp3) is 0.263. The van der Waals surface area contributed by atoms with E-state index < -0.39 is 5.92 Å². The van der Waals surface area contributed by atoms with Crippen LogP contribution in [0.5, 0.6) is 0 Å². The zero-order valence-electron chi connectivity index (χ0n) is 14.7. The van der Waals surface area contributed by atoms with Crippen LogP contribution < -0.4 is 10.2 Å². The van der Waals surface area contributed by atoms with Gasteiger partial charge in [-0.2, -0.15) is 11.3 Å². The largest absolute Gasteiger partial charge is 0.312 e. The highest BCUT2D eigenvalue weighted by Crippen LogP contribution is 2.30. The van der Waals surface area contributed by atoms with E-state index in [4.69, 9.17) is 0 Å². The summed E-state index contributed by atoms with van der Waals surface area (Å²) in [6.07, 6.45) is 1.16. The summed E-state index contributed by atoms with van der Waals surface area (Å²) in [5, 5.41) is 16.2. The van der Waals surface area contributed by atoms with Crippen LogP contribution in [0.1, 0.15) is 18.9 Å². The summed E-state index contributed by atoms with van der Waals surface area (Å²) in [5.74, 6) is -0.614. The first-order valence-corrected chi connectivity index (χ1v) is 10.5. The molecule has 1 unspecified atom stereocenters. The maximum Gasteiger partial charge on any atom is 0.231 e. The second-order valence-electron chi connectivity index (χ2n) is 6.34. The lowest BCUT2D eigenvalue weighted by molar-refractivity contribution is -0.122. The van der Waals surface area contributed by atoms with Crippen LogP contribution in [0.2, 0.25) is 0 Å². The highest BCUT2D eigenvalue weighted by atomic mass is 32.1. The number of carbonyl (C=O) groups is 2. The van der Waals surface area contributed by atoms with Crippen LogP contribution in [0.4, 0.5) is 10.8 Å². The molecule has 1 atom stereocenters. The average Bonchev–Trinajstić information content (AvgIpc) is 3.42. The van der Waals surface area contributed by atoms with Gasteiger partial charge in [0.1, 0.15) is 5.01 Å². The first-order chi connectivity index (χ1) is 13.1. The Labute approximate surface area is 164 Å². The number of aromatic nitrogens is 2. The molecule has 27 heavy (non-hydrogen) atoms. The molecule has 0 radical (unpaired) electrons. The van der Waals surface area contributed by atoms with Crippen LogP contribution in [0, 0.1) is 5.92 Å². The predicted octanol–water partition coefficient (Wildman–Crippen LogP) is 3.82. The van der Waals surface area contributed by atoms with Crippen molar-refractivity contribution in [3.8, 4) is 10.6 Å². The summed E-state index contributed by atoms with van der Waals surface area (Å²) in [7, 11) is 0. The van der Waals surface area contributed by atoms with E-state index in [-0.39, 0.29) is 18.2 Å². The Bertz CT molecular complexity index is 951. The van der Waals surface area contributed by atoms with Crippen LogP contribution >= 0.6 is 22.7 Å². The van der Waals surface area contributed by atoms with Crippen molar-refractivity contribution in [1.29, 1.82) is 0 Å². The normalized spacial score (nSPS) is 16.7. The van der Waals surface area contributed by atoms with E-state index in [1.165, 1.54) is 16.9 Å². The molecule has 1 N–H and O–H groups in total. The van der Waals surface area contributed by atoms with Gasteiger partial charge >= 0.3 is 0 Å². The molecule has 2 aromatic heterocycles. The van der Waals surface area contributed by atoms with Gasteiger partial charge in [-0.15, -0.1) is 10.2 Å². The minimum Gasteiger partial charge on any atom is -0.312 e. The number of aryl methyl sites for hydroxylation is 1. The standard InChI is InChI=1S/C19H18N4O2S2/c1-2-12-3-5-15(6-4-12)23-10-14(9-16(23)24)17(25)20-19-22-21-18(27-19)13-7-8-26-11-13/h3-8,11,14H,2,9-10H2,1H3,(H,20,22,25). The molecule has 1 aliphatic rings. The van der Waals surface area contributed by atoms with Gasteiger partial charge in [-0.1, -0.05) is 30.4 Å². The number of benzene rings is 1. The van der Waals surface area contributed by atoms with Crippen molar-refractivity contribution >= 4 is 45.3 Å². The molecule has 8 heteroatoms. The number of nitrogens with one attached hydrogen (secondary N) is 1. The first kappa shape index (κ1) is 17.8. The summed E-state index contributed by atoms with van der Waals surface area (Å²) in [5.41, 5.74) is 3.05. The molecule has 4 rings (SSSR count). The van der Waals surface area contributed by atoms with Gasteiger partial charge in [0.05, 0.1) is 5.92 Å². The lowest BCUT2D eigenvalue weighted by Crippen LogP contribution is -2.28. The Morgan fingerprint density at radius 2 is 2.07 bits per heavy atom. The van der Waals surface area contributed by atoms with E-state index in [1.807, 2.05) is 41.1 Å². The van der Waals surface area contributed by atoms with Gasteiger partial charge in [0.2, 0.25) is 16.9 Å². The van der Waals surface area contributed by atoms with E-state index in [9.17, 15) is 9.59 Å². The number of carbonyl (C=O) groups excluding carboxylic acids is 2. The molecule has 1 aromatic carbocycles. The summed E-state index contributed by atoms with van der Waals surface area (Å²) in [6.45, 7) is 2.47. The van der Waals surface area contributed by atoms with Crippen molar-refractivity contribution in [3.63, 3.8) is 0 Å². The second kappa shape index (κ2) is 7.58. The molecule has 3 aromatic rings. The quantitative estimate of drug-likeness (QED) is 0.709. The molecule has 1 saturated heterocycles. The van der Waals surface area contributed by atoms with Crippen LogP contribution in [0.25, 0.3) is 10.6 Å². The average molecular weight is 399 g/mol. The fourth-order valence-electron chi connectivity index (χ4n) is 3.03. The maximum absolute atomic E-state index is 12.6. The number of hydrogen-bond donors (Lipinski definition) is 1. The lowest BCUT2D eigenvalue weighted by Gasteiger charge is -2.16. The van der Waals surface area contributed by atoms with Gasteiger partial charge in [0.15, 0.2) is 0 Å². The van der Waals surface area contributed by atoms with Gasteiger partial charge in [-0.05, 0) is 35.6 Å². The maximum atomic E-state index is 12.6. The van der Waals surface area contributed by atoms with E-state index in [2.05, 4.69) is 22.4 Å². The number of rotatable bonds is 5. The zero-order chi connectivity index (χ0) is 18.8. The molecule has 1 aliphatic heterocycles. The van der Waals surface area contributed by atoms with Crippen molar-refractivity contribution in [1.82, 2.24) is 10.2 Å². The van der Waals surface area contributed by atoms with Crippen LogP contribution in [0.3, 0.4) is 0 Å². The smallest absolute Gasteiger partial charge is 0.231 e. The van der Waals surface area contributed by atoms with Crippen LogP contribution in [-0.4, -0.2) is 28.6 Å². The Balaban J connectivity index is 1.41. The monoisotopic (exact) mass is 398 g/mol. The van der Waals surface area contributed by atoms with Gasteiger partial charge in [-0.3, -0.25) is 9.59 Å². The highest BCUT2D eigenvalue weighted by Gasteiger charge is 2.35. The first-order valence-electron chi connectivity index (χ1n) is 8.70. The van der Waals surface area contributed by atoms with Gasteiger partial charge < -0.3 is 10.2 Å². The van der Waals surface area contributed by atoms with E-state index >= 15 is 0 Å². The van der Waals surface area contributed by atoms with E-state index in [0.29, 0.717) is 11.7 Å².